The lowest BCUT2D eigenvalue weighted by molar-refractivity contribution is 0.628. The van der Waals surface area contributed by atoms with Gasteiger partial charge in [0.25, 0.3) is 0 Å². The molecular weight excluding hydrogens is 235 g/mol. The molecule has 2 nitrogen and oxygen atoms in total. The molecule has 1 aromatic carbocycles. The predicted octanol–water partition coefficient (Wildman–Crippen LogP) is 3.20. The summed E-state index contributed by atoms with van der Waals surface area (Å²) in [5.41, 5.74) is 2.05. The maximum absolute atomic E-state index is 12.8. The first-order valence-electron chi connectivity index (χ1n) is 5.75. The molecule has 3 rings (SSSR count). The first kappa shape index (κ1) is 10.9. The molecule has 1 saturated carbocycles. The highest BCUT2D eigenvalue weighted by molar-refractivity contribution is 7.13. The summed E-state index contributed by atoms with van der Waals surface area (Å²) in [5, 5.41) is 6.45. The average Bonchev–Trinajstić information content (AvgIpc) is 3.06. The number of thiazole rings is 1. The van der Waals surface area contributed by atoms with E-state index in [-0.39, 0.29) is 5.82 Å². The van der Waals surface area contributed by atoms with Gasteiger partial charge in [-0.15, -0.1) is 11.3 Å². The van der Waals surface area contributed by atoms with Gasteiger partial charge in [0, 0.05) is 23.5 Å². The number of rotatable bonds is 4. The van der Waals surface area contributed by atoms with Crippen LogP contribution in [-0.4, -0.2) is 11.0 Å². The van der Waals surface area contributed by atoms with Crippen molar-refractivity contribution in [2.24, 2.45) is 0 Å². The second-order valence-corrected chi connectivity index (χ2v) is 5.16. The van der Waals surface area contributed by atoms with E-state index in [0.717, 1.165) is 22.8 Å². The minimum absolute atomic E-state index is 0.207. The Morgan fingerprint density at radius 3 is 2.76 bits per heavy atom. The summed E-state index contributed by atoms with van der Waals surface area (Å²) in [4.78, 5) is 4.54. The lowest BCUT2D eigenvalue weighted by Gasteiger charge is -1.98. The minimum atomic E-state index is -0.207. The molecule has 1 aliphatic carbocycles. The Morgan fingerprint density at radius 1 is 1.29 bits per heavy atom. The second kappa shape index (κ2) is 4.55. The molecule has 1 aliphatic rings. The van der Waals surface area contributed by atoms with Gasteiger partial charge in [-0.25, -0.2) is 9.37 Å². The molecule has 0 aliphatic heterocycles. The molecule has 0 spiro atoms. The molecule has 0 atom stereocenters. The summed E-state index contributed by atoms with van der Waals surface area (Å²) >= 11 is 1.61. The molecule has 0 saturated heterocycles. The fourth-order valence-corrected chi connectivity index (χ4v) is 2.48. The van der Waals surface area contributed by atoms with Gasteiger partial charge in [-0.05, 0) is 37.1 Å². The van der Waals surface area contributed by atoms with Crippen LogP contribution in [-0.2, 0) is 6.54 Å². The van der Waals surface area contributed by atoms with Gasteiger partial charge in [0.1, 0.15) is 10.8 Å². The molecule has 0 amide bonds. The molecule has 0 unspecified atom stereocenters. The smallest absolute Gasteiger partial charge is 0.123 e. The fourth-order valence-electron chi connectivity index (χ4n) is 1.65. The van der Waals surface area contributed by atoms with E-state index < -0.39 is 0 Å². The van der Waals surface area contributed by atoms with Crippen LogP contribution in [0.3, 0.4) is 0 Å². The van der Waals surface area contributed by atoms with Crippen LogP contribution in [0.5, 0.6) is 0 Å². The minimum Gasteiger partial charge on any atom is -0.308 e. The average molecular weight is 248 g/mol. The molecule has 0 radical (unpaired) electrons. The summed E-state index contributed by atoms with van der Waals surface area (Å²) in [6.45, 7) is 0.836. The van der Waals surface area contributed by atoms with Crippen LogP contribution in [0.4, 0.5) is 4.39 Å². The SMILES string of the molecule is Fc1ccc(-c2nc(CNC3CC3)cs2)cc1. The number of hydrogen-bond donors (Lipinski definition) is 1. The van der Waals surface area contributed by atoms with Crippen molar-refractivity contribution in [3.63, 3.8) is 0 Å². The Kier molecular flexibility index (Phi) is 2.91. The van der Waals surface area contributed by atoms with E-state index in [2.05, 4.69) is 15.7 Å². The van der Waals surface area contributed by atoms with Crippen molar-refractivity contribution >= 4 is 11.3 Å². The number of halogens is 1. The maximum Gasteiger partial charge on any atom is 0.123 e. The molecule has 4 heteroatoms. The van der Waals surface area contributed by atoms with Crippen LogP contribution in [0.1, 0.15) is 18.5 Å². The fraction of sp³-hybridized carbons (Fsp3) is 0.308. The van der Waals surface area contributed by atoms with Crippen molar-refractivity contribution in [3.05, 3.63) is 41.2 Å². The molecule has 2 aromatic rings. The molecule has 17 heavy (non-hydrogen) atoms. The highest BCUT2D eigenvalue weighted by atomic mass is 32.1. The van der Waals surface area contributed by atoms with E-state index >= 15 is 0 Å². The van der Waals surface area contributed by atoms with Crippen molar-refractivity contribution in [2.75, 3.05) is 0 Å². The first-order chi connectivity index (χ1) is 8.31. The summed E-state index contributed by atoms with van der Waals surface area (Å²) in [5.74, 6) is -0.207. The van der Waals surface area contributed by atoms with Crippen LogP contribution in [0.25, 0.3) is 10.6 Å². The van der Waals surface area contributed by atoms with E-state index in [1.807, 2.05) is 0 Å². The predicted molar refractivity (Wildman–Crippen MR) is 67.4 cm³/mol. The quantitative estimate of drug-likeness (QED) is 0.898. The third-order valence-corrected chi connectivity index (χ3v) is 3.73. The highest BCUT2D eigenvalue weighted by Crippen LogP contribution is 2.24. The Hall–Kier alpha value is -1.26. The van der Waals surface area contributed by atoms with Gasteiger partial charge in [-0.2, -0.15) is 0 Å². The van der Waals surface area contributed by atoms with Gasteiger partial charge in [0.15, 0.2) is 0 Å². The van der Waals surface area contributed by atoms with Crippen LogP contribution in [0.2, 0.25) is 0 Å². The van der Waals surface area contributed by atoms with Gasteiger partial charge >= 0.3 is 0 Å². The van der Waals surface area contributed by atoms with Crippen LogP contribution < -0.4 is 5.32 Å². The summed E-state index contributed by atoms with van der Waals surface area (Å²) in [6, 6.07) is 7.18. The lowest BCUT2D eigenvalue weighted by Crippen LogP contribution is -2.15. The van der Waals surface area contributed by atoms with E-state index in [9.17, 15) is 4.39 Å². The summed E-state index contributed by atoms with van der Waals surface area (Å²) in [7, 11) is 0. The summed E-state index contributed by atoms with van der Waals surface area (Å²) in [6.07, 6.45) is 2.57. The molecule has 0 bridgehead atoms. The van der Waals surface area contributed by atoms with Crippen molar-refractivity contribution < 1.29 is 4.39 Å². The first-order valence-corrected chi connectivity index (χ1v) is 6.63. The number of nitrogens with zero attached hydrogens (tertiary/aromatic N) is 1. The van der Waals surface area contributed by atoms with Gasteiger partial charge in [0.2, 0.25) is 0 Å². The topological polar surface area (TPSA) is 24.9 Å². The van der Waals surface area contributed by atoms with E-state index in [1.54, 1.807) is 23.5 Å². The normalized spacial score (nSPS) is 15.1. The van der Waals surface area contributed by atoms with Gasteiger partial charge in [-0.3, -0.25) is 0 Å². The molecule has 1 heterocycles. The number of hydrogen-bond acceptors (Lipinski definition) is 3. The zero-order valence-corrected chi connectivity index (χ0v) is 10.1. The second-order valence-electron chi connectivity index (χ2n) is 4.31. The lowest BCUT2D eigenvalue weighted by atomic mass is 10.2. The Bertz CT molecular complexity index is 502. The zero-order chi connectivity index (χ0) is 11.7. The number of benzene rings is 1. The third kappa shape index (κ3) is 2.70. The molecule has 1 aromatic heterocycles. The molecule has 1 N–H and O–H groups in total. The van der Waals surface area contributed by atoms with Crippen LogP contribution in [0, 0.1) is 5.82 Å². The van der Waals surface area contributed by atoms with E-state index in [4.69, 9.17) is 0 Å². The summed E-state index contributed by atoms with van der Waals surface area (Å²) < 4.78 is 12.8. The number of nitrogens with one attached hydrogen (secondary N) is 1. The number of aromatic nitrogens is 1. The van der Waals surface area contributed by atoms with Crippen molar-refractivity contribution in [3.8, 4) is 10.6 Å². The van der Waals surface area contributed by atoms with Crippen LogP contribution >= 0.6 is 11.3 Å². The van der Waals surface area contributed by atoms with Gasteiger partial charge in [-0.1, -0.05) is 0 Å². The third-order valence-electron chi connectivity index (χ3n) is 2.79. The zero-order valence-electron chi connectivity index (χ0n) is 9.32. The van der Waals surface area contributed by atoms with Crippen molar-refractivity contribution in [1.29, 1.82) is 0 Å². The Balaban J connectivity index is 1.72. The standard InChI is InChI=1S/C13H13FN2S/c14-10-3-1-9(2-4-10)13-16-12(8-17-13)7-15-11-5-6-11/h1-4,8,11,15H,5-7H2. The molecule has 1 fully saturated rings. The van der Waals surface area contributed by atoms with E-state index in [1.165, 1.54) is 25.0 Å². The monoisotopic (exact) mass is 248 g/mol. The molecular formula is C13H13FN2S. The maximum atomic E-state index is 12.8. The van der Waals surface area contributed by atoms with E-state index in [0.29, 0.717) is 6.04 Å². The Morgan fingerprint density at radius 2 is 2.06 bits per heavy atom. The van der Waals surface area contributed by atoms with Crippen LogP contribution in [0.15, 0.2) is 29.6 Å². The molecule has 88 valence electrons. The Labute approximate surface area is 104 Å². The largest absolute Gasteiger partial charge is 0.308 e. The van der Waals surface area contributed by atoms with Gasteiger partial charge < -0.3 is 5.32 Å². The van der Waals surface area contributed by atoms with Crippen molar-refractivity contribution in [2.45, 2.75) is 25.4 Å². The van der Waals surface area contributed by atoms with Gasteiger partial charge in [0.05, 0.1) is 5.69 Å². The van der Waals surface area contributed by atoms with Crippen molar-refractivity contribution in [1.82, 2.24) is 10.3 Å². The highest BCUT2D eigenvalue weighted by Gasteiger charge is 2.20.